The molecule has 0 bridgehead atoms. The standard InChI is InChI=1S/C17H21N3O3/c1-11-8-20(10-16(22-11)17-18-12(2)19-23-17)9-13-3-4-15-14(7-13)5-6-21-15/h3-4,7,11,16H,5-6,8-10H2,1-2H3/t11-,16-/m1/s1. The summed E-state index contributed by atoms with van der Waals surface area (Å²) < 4.78 is 16.8. The first-order valence-electron chi connectivity index (χ1n) is 8.10. The number of aryl methyl sites for hydroxylation is 1. The molecule has 6 nitrogen and oxygen atoms in total. The van der Waals surface area contributed by atoms with Crippen LogP contribution in [0.3, 0.4) is 0 Å². The van der Waals surface area contributed by atoms with Crippen LogP contribution in [0.1, 0.15) is 35.9 Å². The average molecular weight is 315 g/mol. The topological polar surface area (TPSA) is 60.6 Å². The van der Waals surface area contributed by atoms with E-state index in [1.54, 1.807) is 0 Å². The number of aromatic nitrogens is 2. The van der Waals surface area contributed by atoms with E-state index >= 15 is 0 Å². The Balaban J connectivity index is 1.47. The van der Waals surface area contributed by atoms with E-state index in [0.29, 0.717) is 11.7 Å². The van der Waals surface area contributed by atoms with E-state index in [1.165, 1.54) is 11.1 Å². The molecule has 4 rings (SSSR count). The fraction of sp³-hybridized carbons (Fsp3) is 0.529. The number of ether oxygens (including phenoxy) is 2. The summed E-state index contributed by atoms with van der Waals surface area (Å²) in [7, 11) is 0. The van der Waals surface area contributed by atoms with Crippen molar-refractivity contribution >= 4 is 0 Å². The minimum Gasteiger partial charge on any atom is -0.493 e. The van der Waals surface area contributed by atoms with Crippen molar-refractivity contribution in [1.82, 2.24) is 15.0 Å². The molecule has 122 valence electrons. The van der Waals surface area contributed by atoms with Gasteiger partial charge in [0.1, 0.15) is 11.9 Å². The zero-order valence-corrected chi connectivity index (χ0v) is 13.5. The number of hydrogen-bond acceptors (Lipinski definition) is 6. The van der Waals surface area contributed by atoms with Gasteiger partial charge in [0, 0.05) is 26.1 Å². The van der Waals surface area contributed by atoms with Crippen molar-refractivity contribution in [3.8, 4) is 5.75 Å². The summed E-state index contributed by atoms with van der Waals surface area (Å²) >= 11 is 0. The van der Waals surface area contributed by atoms with Crippen LogP contribution in [0, 0.1) is 6.92 Å². The van der Waals surface area contributed by atoms with E-state index in [1.807, 2.05) is 6.92 Å². The highest BCUT2D eigenvalue weighted by atomic mass is 16.5. The fourth-order valence-corrected chi connectivity index (χ4v) is 3.34. The molecular formula is C17H21N3O3. The molecule has 2 atom stereocenters. The largest absolute Gasteiger partial charge is 0.493 e. The lowest BCUT2D eigenvalue weighted by atomic mass is 10.1. The third-order valence-corrected chi connectivity index (χ3v) is 4.31. The molecule has 2 aliphatic heterocycles. The number of nitrogens with zero attached hydrogens (tertiary/aromatic N) is 3. The Morgan fingerprint density at radius 3 is 3.04 bits per heavy atom. The van der Waals surface area contributed by atoms with Crippen molar-refractivity contribution in [2.75, 3.05) is 19.7 Å². The van der Waals surface area contributed by atoms with Gasteiger partial charge >= 0.3 is 0 Å². The van der Waals surface area contributed by atoms with Crippen LogP contribution in [-0.2, 0) is 17.7 Å². The highest BCUT2D eigenvalue weighted by Crippen LogP contribution is 2.28. The maximum atomic E-state index is 5.97. The van der Waals surface area contributed by atoms with Crippen molar-refractivity contribution in [1.29, 1.82) is 0 Å². The molecule has 2 aromatic rings. The van der Waals surface area contributed by atoms with E-state index in [9.17, 15) is 0 Å². The van der Waals surface area contributed by atoms with Gasteiger partial charge in [-0.05, 0) is 31.0 Å². The number of hydrogen-bond donors (Lipinski definition) is 0. The lowest BCUT2D eigenvalue weighted by molar-refractivity contribution is -0.0930. The summed E-state index contributed by atoms with van der Waals surface area (Å²) in [5.41, 5.74) is 2.62. The first-order valence-corrected chi connectivity index (χ1v) is 8.10. The van der Waals surface area contributed by atoms with Gasteiger partial charge < -0.3 is 14.0 Å². The molecule has 1 aromatic carbocycles. The monoisotopic (exact) mass is 315 g/mol. The summed E-state index contributed by atoms with van der Waals surface area (Å²) in [4.78, 5) is 6.70. The highest BCUT2D eigenvalue weighted by molar-refractivity contribution is 5.39. The SMILES string of the molecule is Cc1noc([C@H]2CN(Cc3ccc4c(c3)CCO4)C[C@@H](C)O2)n1. The zero-order chi connectivity index (χ0) is 15.8. The normalized spacial score (nSPS) is 24.4. The van der Waals surface area contributed by atoms with Crippen molar-refractivity contribution in [3.05, 3.63) is 41.0 Å². The van der Waals surface area contributed by atoms with Crippen LogP contribution in [0.25, 0.3) is 0 Å². The summed E-state index contributed by atoms with van der Waals surface area (Å²) in [6.45, 7) is 7.26. The summed E-state index contributed by atoms with van der Waals surface area (Å²) in [6.07, 6.45) is 0.989. The molecule has 1 aromatic heterocycles. The van der Waals surface area contributed by atoms with Crippen LogP contribution in [-0.4, -0.2) is 40.8 Å². The van der Waals surface area contributed by atoms with E-state index < -0.39 is 0 Å². The molecule has 0 unspecified atom stereocenters. The molecule has 0 N–H and O–H groups in total. The zero-order valence-electron chi connectivity index (χ0n) is 13.5. The summed E-state index contributed by atoms with van der Waals surface area (Å²) in [5, 5.41) is 3.87. The number of rotatable bonds is 3. The number of fused-ring (bicyclic) bond motifs is 1. The predicted octanol–water partition coefficient (Wildman–Crippen LogP) is 2.27. The quantitative estimate of drug-likeness (QED) is 0.866. The molecule has 1 saturated heterocycles. The van der Waals surface area contributed by atoms with Crippen molar-refractivity contribution in [3.63, 3.8) is 0 Å². The van der Waals surface area contributed by atoms with Crippen molar-refractivity contribution in [2.24, 2.45) is 0 Å². The van der Waals surface area contributed by atoms with Gasteiger partial charge in [-0.3, -0.25) is 4.90 Å². The minimum absolute atomic E-state index is 0.138. The lowest BCUT2D eigenvalue weighted by Crippen LogP contribution is -2.42. The maximum Gasteiger partial charge on any atom is 0.257 e. The van der Waals surface area contributed by atoms with Gasteiger partial charge in [0.15, 0.2) is 5.82 Å². The molecule has 1 fully saturated rings. The number of benzene rings is 1. The van der Waals surface area contributed by atoms with Crippen LogP contribution in [0.15, 0.2) is 22.7 Å². The molecule has 3 heterocycles. The summed E-state index contributed by atoms with van der Waals surface area (Å²) in [5.74, 6) is 2.25. The first kappa shape index (κ1) is 14.7. The Labute approximate surface area is 135 Å². The van der Waals surface area contributed by atoms with Crippen LogP contribution >= 0.6 is 0 Å². The third kappa shape index (κ3) is 3.09. The Morgan fingerprint density at radius 1 is 1.30 bits per heavy atom. The molecular weight excluding hydrogens is 294 g/mol. The Morgan fingerprint density at radius 2 is 2.22 bits per heavy atom. The van der Waals surface area contributed by atoms with Crippen LogP contribution in [0.2, 0.25) is 0 Å². The van der Waals surface area contributed by atoms with Crippen LogP contribution in [0.4, 0.5) is 0 Å². The molecule has 2 aliphatic rings. The average Bonchev–Trinajstić information content (AvgIpc) is 3.15. The van der Waals surface area contributed by atoms with Crippen LogP contribution in [0.5, 0.6) is 5.75 Å². The Hall–Kier alpha value is -1.92. The molecule has 0 aliphatic carbocycles. The molecule has 0 spiro atoms. The van der Waals surface area contributed by atoms with E-state index in [0.717, 1.165) is 38.4 Å². The van der Waals surface area contributed by atoms with E-state index in [4.69, 9.17) is 14.0 Å². The Kier molecular flexibility index (Phi) is 3.79. The smallest absolute Gasteiger partial charge is 0.257 e. The molecule has 6 heteroatoms. The number of morpholine rings is 1. The molecule has 0 amide bonds. The lowest BCUT2D eigenvalue weighted by Gasteiger charge is -2.35. The highest BCUT2D eigenvalue weighted by Gasteiger charge is 2.30. The molecule has 0 saturated carbocycles. The second kappa shape index (κ2) is 5.94. The fourth-order valence-electron chi connectivity index (χ4n) is 3.34. The van der Waals surface area contributed by atoms with Gasteiger partial charge in [-0.1, -0.05) is 17.3 Å². The second-order valence-electron chi connectivity index (χ2n) is 6.35. The van der Waals surface area contributed by atoms with Crippen LogP contribution < -0.4 is 4.74 Å². The van der Waals surface area contributed by atoms with Gasteiger partial charge in [-0.15, -0.1) is 0 Å². The molecule has 0 radical (unpaired) electrons. The van der Waals surface area contributed by atoms with Gasteiger partial charge in [0.05, 0.1) is 12.7 Å². The van der Waals surface area contributed by atoms with E-state index in [-0.39, 0.29) is 12.2 Å². The van der Waals surface area contributed by atoms with Crippen molar-refractivity contribution in [2.45, 2.75) is 39.0 Å². The van der Waals surface area contributed by atoms with Gasteiger partial charge in [-0.2, -0.15) is 4.98 Å². The second-order valence-corrected chi connectivity index (χ2v) is 6.35. The van der Waals surface area contributed by atoms with E-state index in [2.05, 4.69) is 40.2 Å². The first-order chi connectivity index (χ1) is 11.2. The summed E-state index contributed by atoms with van der Waals surface area (Å²) in [6, 6.07) is 6.49. The van der Waals surface area contributed by atoms with Crippen molar-refractivity contribution < 1.29 is 14.0 Å². The third-order valence-electron chi connectivity index (χ3n) is 4.31. The Bertz CT molecular complexity index is 700. The van der Waals surface area contributed by atoms with Gasteiger partial charge in [0.2, 0.25) is 0 Å². The predicted molar refractivity (Wildman–Crippen MR) is 83.2 cm³/mol. The minimum atomic E-state index is -0.155. The molecule has 23 heavy (non-hydrogen) atoms. The van der Waals surface area contributed by atoms with Gasteiger partial charge in [-0.25, -0.2) is 0 Å². The maximum absolute atomic E-state index is 5.97. The van der Waals surface area contributed by atoms with Gasteiger partial charge in [0.25, 0.3) is 5.89 Å².